The van der Waals surface area contributed by atoms with Crippen molar-refractivity contribution in [3.63, 3.8) is 0 Å². The summed E-state index contributed by atoms with van der Waals surface area (Å²) in [5.74, 6) is -0.609. The third kappa shape index (κ3) is 3.17. The summed E-state index contributed by atoms with van der Waals surface area (Å²) >= 11 is 0. The molecule has 0 aliphatic carbocycles. The molecule has 6 nitrogen and oxygen atoms in total. The lowest BCUT2D eigenvalue weighted by Gasteiger charge is -2.15. The lowest BCUT2D eigenvalue weighted by atomic mass is 10.1. The van der Waals surface area contributed by atoms with E-state index >= 15 is 0 Å². The Hall–Kier alpha value is -1.69. The van der Waals surface area contributed by atoms with Gasteiger partial charge in [0.05, 0.1) is 18.8 Å². The number of aliphatic hydroxyl groups excluding tert-OH is 2. The van der Waals surface area contributed by atoms with Gasteiger partial charge >= 0.3 is 0 Å². The quantitative estimate of drug-likeness (QED) is 0.440. The van der Waals surface area contributed by atoms with E-state index in [1.165, 1.54) is 6.20 Å². The van der Waals surface area contributed by atoms with E-state index in [-0.39, 0.29) is 12.1 Å². The smallest absolute Gasteiger partial charge is 0.141 e. The minimum Gasteiger partial charge on any atom is -0.390 e. The van der Waals surface area contributed by atoms with Crippen LogP contribution >= 0.6 is 0 Å². The van der Waals surface area contributed by atoms with Crippen LogP contribution in [0.5, 0.6) is 0 Å². The van der Waals surface area contributed by atoms with Crippen molar-refractivity contribution in [3.8, 4) is 0 Å². The summed E-state index contributed by atoms with van der Waals surface area (Å²) in [4.78, 5) is 5.95. The number of azide groups is 1. The van der Waals surface area contributed by atoms with Crippen molar-refractivity contribution in [3.05, 3.63) is 40.3 Å². The first kappa shape index (κ1) is 11.4. The SMILES string of the molecule is [N-]=[N+]=NCC(O)C(O)c1cncc(F)c1. The molecule has 1 aromatic heterocycles. The molecule has 0 aromatic carbocycles. The van der Waals surface area contributed by atoms with Gasteiger partial charge in [-0.1, -0.05) is 5.11 Å². The standard InChI is InChI=1S/C8H9FN4O2/c9-6-1-5(2-11-3-6)8(15)7(14)4-12-13-10/h1-3,7-8,14-15H,4H2. The van der Waals surface area contributed by atoms with Crippen molar-refractivity contribution >= 4 is 0 Å². The van der Waals surface area contributed by atoms with E-state index in [4.69, 9.17) is 5.53 Å². The van der Waals surface area contributed by atoms with Gasteiger partial charge in [-0.2, -0.15) is 0 Å². The molecule has 7 heteroatoms. The molecular formula is C8H9FN4O2. The Morgan fingerprint density at radius 2 is 2.27 bits per heavy atom. The lowest BCUT2D eigenvalue weighted by molar-refractivity contribution is 0.0240. The number of aliphatic hydroxyl groups is 2. The summed E-state index contributed by atoms with van der Waals surface area (Å²) in [6.07, 6.45) is -0.383. The van der Waals surface area contributed by atoms with Crippen molar-refractivity contribution in [1.29, 1.82) is 0 Å². The van der Waals surface area contributed by atoms with Crippen molar-refractivity contribution in [2.45, 2.75) is 12.2 Å². The van der Waals surface area contributed by atoms with Gasteiger partial charge in [-0.25, -0.2) is 4.39 Å². The summed E-state index contributed by atoms with van der Waals surface area (Å²) in [5.41, 5.74) is 8.14. The van der Waals surface area contributed by atoms with Gasteiger partial charge in [-0.15, -0.1) is 0 Å². The van der Waals surface area contributed by atoms with Crippen LogP contribution in [0.3, 0.4) is 0 Å². The Kier molecular flexibility index (Phi) is 3.99. The molecule has 0 spiro atoms. The van der Waals surface area contributed by atoms with E-state index in [0.717, 1.165) is 12.3 Å². The van der Waals surface area contributed by atoms with Crippen molar-refractivity contribution in [2.24, 2.45) is 5.11 Å². The summed E-state index contributed by atoms with van der Waals surface area (Å²) in [5, 5.41) is 21.9. The Morgan fingerprint density at radius 1 is 1.53 bits per heavy atom. The molecule has 0 amide bonds. The van der Waals surface area contributed by atoms with Crippen LogP contribution in [0.2, 0.25) is 0 Å². The van der Waals surface area contributed by atoms with E-state index in [1.54, 1.807) is 0 Å². The van der Waals surface area contributed by atoms with E-state index in [2.05, 4.69) is 15.0 Å². The molecule has 0 bridgehead atoms. The van der Waals surface area contributed by atoms with E-state index in [0.29, 0.717) is 0 Å². The molecule has 1 aromatic rings. The number of hydrogen-bond acceptors (Lipinski definition) is 4. The number of nitrogens with zero attached hydrogens (tertiary/aromatic N) is 4. The van der Waals surface area contributed by atoms with Gasteiger partial charge < -0.3 is 10.2 Å². The largest absolute Gasteiger partial charge is 0.390 e. The predicted molar refractivity (Wildman–Crippen MR) is 49.2 cm³/mol. The van der Waals surface area contributed by atoms with Crippen LogP contribution in [0.4, 0.5) is 4.39 Å². The van der Waals surface area contributed by atoms with E-state index in [1.807, 2.05) is 0 Å². The Bertz CT molecular complexity index is 381. The minimum atomic E-state index is -1.32. The molecule has 0 aliphatic heterocycles. The zero-order valence-corrected chi connectivity index (χ0v) is 7.66. The summed E-state index contributed by atoms with van der Waals surface area (Å²) in [6, 6.07) is 1.05. The topological polar surface area (TPSA) is 102 Å². The molecule has 2 N–H and O–H groups in total. The van der Waals surface area contributed by atoms with Gasteiger partial charge in [0, 0.05) is 16.7 Å². The third-order valence-electron chi connectivity index (χ3n) is 1.76. The van der Waals surface area contributed by atoms with Gasteiger partial charge in [0.2, 0.25) is 0 Å². The highest BCUT2D eigenvalue weighted by atomic mass is 19.1. The molecule has 1 rings (SSSR count). The van der Waals surface area contributed by atoms with Crippen LogP contribution in [-0.2, 0) is 0 Å². The molecule has 0 fully saturated rings. The van der Waals surface area contributed by atoms with Crippen LogP contribution in [0.15, 0.2) is 23.6 Å². The number of halogens is 1. The van der Waals surface area contributed by atoms with Gasteiger partial charge in [0.25, 0.3) is 0 Å². The zero-order chi connectivity index (χ0) is 11.3. The van der Waals surface area contributed by atoms with Gasteiger partial charge in [-0.05, 0) is 11.6 Å². The fourth-order valence-electron chi connectivity index (χ4n) is 1.03. The van der Waals surface area contributed by atoms with Gasteiger partial charge in [0.15, 0.2) is 0 Å². The second-order valence-electron chi connectivity index (χ2n) is 2.86. The molecule has 0 radical (unpaired) electrons. The first-order chi connectivity index (χ1) is 7.15. The first-order valence-corrected chi connectivity index (χ1v) is 4.12. The molecule has 15 heavy (non-hydrogen) atoms. The molecule has 1 heterocycles. The average molecular weight is 212 g/mol. The molecule has 0 aliphatic rings. The Labute approximate surface area is 84.6 Å². The number of pyridine rings is 1. The lowest BCUT2D eigenvalue weighted by Crippen LogP contribution is -2.21. The maximum absolute atomic E-state index is 12.7. The van der Waals surface area contributed by atoms with Crippen molar-refractivity contribution in [1.82, 2.24) is 4.98 Å². The van der Waals surface area contributed by atoms with Crippen LogP contribution < -0.4 is 0 Å². The molecule has 0 saturated carbocycles. The number of aromatic nitrogens is 1. The third-order valence-corrected chi connectivity index (χ3v) is 1.76. The fourth-order valence-corrected chi connectivity index (χ4v) is 1.03. The Balaban J connectivity index is 2.75. The van der Waals surface area contributed by atoms with Crippen LogP contribution in [0.1, 0.15) is 11.7 Å². The summed E-state index contributed by atoms with van der Waals surface area (Å²) in [7, 11) is 0. The highest BCUT2D eigenvalue weighted by Gasteiger charge is 2.18. The highest BCUT2D eigenvalue weighted by molar-refractivity contribution is 5.14. The summed E-state index contributed by atoms with van der Waals surface area (Å²) < 4.78 is 12.7. The number of hydrogen-bond donors (Lipinski definition) is 2. The van der Waals surface area contributed by atoms with Gasteiger partial charge in [0.1, 0.15) is 11.9 Å². The maximum Gasteiger partial charge on any atom is 0.141 e. The van der Waals surface area contributed by atoms with E-state index < -0.39 is 18.0 Å². The van der Waals surface area contributed by atoms with E-state index in [9.17, 15) is 14.6 Å². The van der Waals surface area contributed by atoms with Crippen LogP contribution in [0, 0.1) is 5.82 Å². The maximum atomic E-state index is 12.7. The van der Waals surface area contributed by atoms with Crippen LogP contribution in [-0.4, -0.2) is 27.8 Å². The molecular weight excluding hydrogens is 203 g/mol. The Morgan fingerprint density at radius 3 is 2.87 bits per heavy atom. The zero-order valence-electron chi connectivity index (χ0n) is 7.66. The molecule has 2 atom stereocenters. The molecule has 0 saturated heterocycles. The van der Waals surface area contributed by atoms with Crippen molar-refractivity contribution in [2.75, 3.05) is 6.54 Å². The average Bonchev–Trinajstić information content (AvgIpc) is 2.24. The predicted octanol–water partition coefficient (Wildman–Crippen LogP) is 0.925. The van der Waals surface area contributed by atoms with Gasteiger partial charge in [-0.3, -0.25) is 4.98 Å². The van der Waals surface area contributed by atoms with Crippen molar-refractivity contribution < 1.29 is 14.6 Å². The normalized spacial score (nSPS) is 14.1. The minimum absolute atomic E-state index is 0.135. The monoisotopic (exact) mass is 212 g/mol. The molecule has 2 unspecified atom stereocenters. The first-order valence-electron chi connectivity index (χ1n) is 4.12. The summed E-state index contributed by atoms with van der Waals surface area (Å²) in [6.45, 7) is -0.284. The number of rotatable bonds is 4. The fraction of sp³-hybridized carbons (Fsp3) is 0.375. The highest BCUT2D eigenvalue weighted by Crippen LogP contribution is 2.16. The second kappa shape index (κ2) is 5.26. The molecule has 80 valence electrons. The van der Waals surface area contributed by atoms with Crippen LogP contribution in [0.25, 0.3) is 10.4 Å². The second-order valence-corrected chi connectivity index (χ2v) is 2.86.